The minimum atomic E-state index is 0.597. The van der Waals surface area contributed by atoms with Gasteiger partial charge in [-0.2, -0.15) is 9.98 Å². The molecule has 0 aliphatic heterocycles. The fourth-order valence-corrected chi connectivity index (χ4v) is 2.75. The molecule has 2 aromatic carbocycles. The SMILES string of the molecule is Cc1cc(C)c2oc3c(N=C=S)cc(N=C=S)cc3c2c1. The van der Waals surface area contributed by atoms with E-state index in [-0.39, 0.29) is 0 Å². The molecular formula is C16H10N2OS2. The van der Waals surface area contributed by atoms with Gasteiger partial charge in [0.1, 0.15) is 11.3 Å². The molecule has 102 valence electrons. The predicted molar refractivity (Wildman–Crippen MR) is 92.6 cm³/mol. The Kier molecular flexibility index (Phi) is 3.50. The smallest absolute Gasteiger partial charge is 0.162 e. The number of hydrogen-bond acceptors (Lipinski definition) is 5. The number of furan rings is 1. The number of hydrogen-bond donors (Lipinski definition) is 0. The third-order valence-electron chi connectivity index (χ3n) is 3.31. The van der Waals surface area contributed by atoms with Crippen LogP contribution in [0.2, 0.25) is 0 Å². The second kappa shape index (κ2) is 5.32. The minimum absolute atomic E-state index is 0.597. The second-order valence-corrected chi connectivity index (χ2v) is 5.17. The summed E-state index contributed by atoms with van der Waals surface area (Å²) in [5.41, 5.74) is 5.05. The average molecular weight is 310 g/mol. The Morgan fingerprint density at radius 1 is 0.905 bits per heavy atom. The monoisotopic (exact) mass is 310 g/mol. The van der Waals surface area contributed by atoms with E-state index in [1.54, 1.807) is 6.07 Å². The Morgan fingerprint density at radius 2 is 1.62 bits per heavy atom. The Morgan fingerprint density at radius 3 is 2.33 bits per heavy atom. The maximum atomic E-state index is 5.99. The normalized spacial score (nSPS) is 10.4. The Labute approximate surface area is 132 Å². The number of nitrogens with zero attached hydrogens (tertiary/aromatic N) is 2. The molecule has 0 amide bonds. The molecule has 0 radical (unpaired) electrons. The van der Waals surface area contributed by atoms with Gasteiger partial charge < -0.3 is 4.42 Å². The first-order chi connectivity index (χ1) is 10.1. The van der Waals surface area contributed by atoms with Crippen molar-refractivity contribution >= 4 is 68.1 Å². The first kappa shape index (κ1) is 13.8. The fraction of sp³-hybridized carbons (Fsp3) is 0.125. The number of aliphatic imine (C=N–C) groups is 2. The van der Waals surface area contributed by atoms with Crippen molar-refractivity contribution in [3.63, 3.8) is 0 Å². The van der Waals surface area contributed by atoms with Gasteiger partial charge in [-0.15, -0.1) is 0 Å². The number of isothiocyanates is 2. The number of thiocarbonyl (C=S) groups is 2. The third-order valence-corrected chi connectivity index (χ3v) is 3.49. The molecule has 0 unspecified atom stereocenters. The summed E-state index contributed by atoms with van der Waals surface area (Å²) in [6, 6.07) is 7.85. The molecular weight excluding hydrogens is 300 g/mol. The van der Waals surface area contributed by atoms with Gasteiger partial charge >= 0.3 is 0 Å². The van der Waals surface area contributed by atoms with Gasteiger partial charge in [0.05, 0.1) is 16.0 Å². The highest BCUT2D eigenvalue weighted by atomic mass is 32.1. The molecule has 0 saturated carbocycles. The number of benzene rings is 2. The van der Waals surface area contributed by atoms with Gasteiger partial charge in [-0.3, -0.25) is 0 Å². The molecule has 0 aliphatic carbocycles. The van der Waals surface area contributed by atoms with Crippen molar-refractivity contribution in [2.75, 3.05) is 0 Å². The zero-order chi connectivity index (χ0) is 15.0. The molecule has 3 aromatic rings. The van der Waals surface area contributed by atoms with Crippen molar-refractivity contribution in [1.29, 1.82) is 0 Å². The van der Waals surface area contributed by atoms with Gasteiger partial charge in [-0.05, 0) is 67.6 Å². The Hall–Kier alpha value is -2.16. The molecule has 1 heterocycles. The van der Waals surface area contributed by atoms with E-state index in [1.165, 1.54) is 5.56 Å². The molecule has 5 heteroatoms. The molecule has 3 rings (SSSR count). The van der Waals surface area contributed by atoms with Gasteiger partial charge in [0.25, 0.3) is 0 Å². The summed E-state index contributed by atoms with van der Waals surface area (Å²) in [6.07, 6.45) is 0. The third kappa shape index (κ3) is 2.33. The Balaban J connectivity index is 2.54. The molecule has 0 bridgehead atoms. The Bertz CT molecular complexity index is 975. The summed E-state index contributed by atoms with van der Waals surface area (Å²) < 4.78 is 5.99. The summed E-state index contributed by atoms with van der Waals surface area (Å²) in [7, 11) is 0. The highest BCUT2D eigenvalue weighted by molar-refractivity contribution is 7.78. The summed E-state index contributed by atoms with van der Waals surface area (Å²) >= 11 is 9.38. The van der Waals surface area contributed by atoms with Crippen LogP contribution in [0.5, 0.6) is 0 Å². The second-order valence-electron chi connectivity index (χ2n) is 4.81. The van der Waals surface area contributed by atoms with Crippen molar-refractivity contribution < 1.29 is 4.42 Å². The lowest BCUT2D eigenvalue weighted by atomic mass is 10.1. The lowest BCUT2D eigenvalue weighted by molar-refractivity contribution is 0.666. The van der Waals surface area contributed by atoms with E-state index in [1.807, 2.05) is 13.0 Å². The topological polar surface area (TPSA) is 37.9 Å². The van der Waals surface area contributed by atoms with Crippen LogP contribution >= 0.6 is 24.4 Å². The average Bonchev–Trinajstić information content (AvgIpc) is 2.79. The van der Waals surface area contributed by atoms with E-state index in [2.05, 4.69) is 51.6 Å². The molecule has 0 N–H and O–H groups in total. The van der Waals surface area contributed by atoms with Gasteiger partial charge in [0.2, 0.25) is 0 Å². The molecule has 3 nitrogen and oxygen atoms in total. The predicted octanol–water partition coefficient (Wildman–Crippen LogP) is 5.67. The van der Waals surface area contributed by atoms with Crippen LogP contribution in [0.15, 0.2) is 38.7 Å². The molecule has 0 spiro atoms. The minimum Gasteiger partial charge on any atom is -0.453 e. The first-order valence-corrected chi connectivity index (χ1v) is 7.09. The van der Waals surface area contributed by atoms with E-state index in [9.17, 15) is 0 Å². The van der Waals surface area contributed by atoms with E-state index in [0.29, 0.717) is 17.0 Å². The molecule has 0 fully saturated rings. The molecule has 0 aliphatic rings. The van der Waals surface area contributed by atoms with E-state index in [4.69, 9.17) is 16.6 Å². The van der Waals surface area contributed by atoms with Crippen molar-refractivity contribution in [3.05, 3.63) is 35.4 Å². The lowest BCUT2D eigenvalue weighted by Crippen LogP contribution is -1.77. The van der Waals surface area contributed by atoms with Crippen molar-refractivity contribution in [1.82, 2.24) is 0 Å². The number of aryl methyl sites for hydroxylation is 2. The quantitative estimate of drug-likeness (QED) is 0.452. The first-order valence-electron chi connectivity index (χ1n) is 6.27. The lowest BCUT2D eigenvalue weighted by Gasteiger charge is -1.98. The van der Waals surface area contributed by atoms with Gasteiger partial charge in [-0.1, -0.05) is 6.07 Å². The van der Waals surface area contributed by atoms with Crippen LogP contribution in [0.3, 0.4) is 0 Å². The van der Waals surface area contributed by atoms with Crippen LogP contribution in [-0.2, 0) is 0 Å². The van der Waals surface area contributed by atoms with Gasteiger partial charge in [0.15, 0.2) is 5.58 Å². The van der Waals surface area contributed by atoms with Crippen LogP contribution in [0, 0.1) is 13.8 Å². The van der Waals surface area contributed by atoms with Crippen LogP contribution in [0.4, 0.5) is 11.4 Å². The van der Waals surface area contributed by atoms with E-state index < -0.39 is 0 Å². The largest absolute Gasteiger partial charge is 0.453 e. The zero-order valence-corrected chi connectivity index (χ0v) is 13.1. The summed E-state index contributed by atoms with van der Waals surface area (Å²) in [4.78, 5) is 8.11. The van der Waals surface area contributed by atoms with Crippen molar-refractivity contribution in [2.45, 2.75) is 13.8 Å². The molecule has 0 atom stereocenters. The van der Waals surface area contributed by atoms with E-state index >= 15 is 0 Å². The maximum absolute atomic E-state index is 5.99. The standard InChI is InChI=1S/C16H10N2OS2/c1-9-3-10(2)15-12(4-9)13-5-11(17-7-20)6-14(18-8-21)16(13)19-15/h3-6H,1-2H3. The zero-order valence-electron chi connectivity index (χ0n) is 11.4. The van der Waals surface area contributed by atoms with Crippen molar-refractivity contribution in [3.8, 4) is 0 Å². The molecule has 0 saturated heterocycles. The fourth-order valence-electron chi connectivity index (χ4n) is 2.55. The highest BCUT2D eigenvalue weighted by Gasteiger charge is 2.14. The summed E-state index contributed by atoms with van der Waals surface area (Å²) in [5.74, 6) is 0. The van der Waals surface area contributed by atoms with Crippen LogP contribution in [0.1, 0.15) is 11.1 Å². The van der Waals surface area contributed by atoms with Crippen LogP contribution in [-0.4, -0.2) is 10.3 Å². The molecule has 21 heavy (non-hydrogen) atoms. The highest BCUT2D eigenvalue weighted by Crippen LogP contribution is 2.39. The van der Waals surface area contributed by atoms with Crippen molar-refractivity contribution in [2.24, 2.45) is 9.98 Å². The molecule has 1 aromatic heterocycles. The van der Waals surface area contributed by atoms with E-state index in [0.717, 1.165) is 21.9 Å². The number of rotatable bonds is 2. The van der Waals surface area contributed by atoms with Gasteiger partial charge in [0, 0.05) is 10.8 Å². The number of fused-ring (bicyclic) bond motifs is 3. The summed E-state index contributed by atoms with van der Waals surface area (Å²) in [5, 5.41) is 6.72. The van der Waals surface area contributed by atoms with Crippen LogP contribution < -0.4 is 0 Å². The van der Waals surface area contributed by atoms with Crippen LogP contribution in [0.25, 0.3) is 21.9 Å². The maximum Gasteiger partial charge on any atom is 0.162 e. The van der Waals surface area contributed by atoms with Gasteiger partial charge in [-0.25, -0.2) is 0 Å². The summed E-state index contributed by atoms with van der Waals surface area (Å²) in [6.45, 7) is 4.08.